The number of carbonyl (C=O) groups excluding carboxylic acids is 1. The Labute approximate surface area is 111 Å². The van der Waals surface area contributed by atoms with E-state index in [0.717, 1.165) is 29.7 Å². The zero-order valence-corrected chi connectivity index (χ0v) is 12.2. The minimum absolute atomic E-state index is 0.144. The Morgan fingerprint density at radius 1 is 1.47 bits per heavy atom. The van der Waals surface area contributed by atoms with Crippen molar-refractivity contribution in [1.29, 1.82) is 0 Å². The first-order chi connectivity index (χ1) is 7.89. The number of amides is 1. The lowest BCUT2D eigenvalue weighted by atomic mass is 9.84. The smallest absolute Gasteiger partial charge is 0.270 e. The van der Waals surface area contributed by atoms with Crippen molar-refractivity contribution in [2.24, 2.45) is 12.5 Å². The van der Waals surface area contributed by atoms with Crippen LogP contribution in [-0.4, -0.2) is 28.5 Å². The number of aromatic nitrogens is 1. The second-order valence-corrected chi connectivity index (χ2v) is 6.56. The van der Waals surface area contributed by atoms with E-state index in [2.05, 4.69) is 29.8 Å². The van der Waals surface area contributed by atoms with E-state index in [1.165, 1.54) is 6.42 Å². The first-order valence-corrected chi connectivity index (χ1v) is 6.79. The Kier molecular flexibility index (Phi) is 3.34. The summed E-state index contributed by atoms with van der Waals surface area (Å²) >= 11 is 3.41. The molecule has 1 amide bonds. The van der Waals surface area contributed by atoms with Crippen LogP contribution in [0.25, 0.3) is 0 Å². The van der Waals surface area contributed by atoms with E-state index < -0.39 is 0 Å². The van der Waals surface area contributed by atoms with Gasteiger partial charge in [-0.05, 0) is 40.3 Å². The molecule has 3 nitrogen and oxygen atoms in total. The molecule has 1 aliphatic rings. The van der Waals surface area contributed by atoms with Crippen LogP contribution in [0.4, 0.5) is 0 Å². The fourth-order valence-corrected chi connectivity index (χ4v) is 3.02. The number of piperidine rings is 1. The van der Waals surface area contributed by atoms with Gasteiger partial charge in [0.25, 0.3) is 5.91 Å². The van der Waals surface area contributed by atoms with Gasteiger partial charge in [-0.3, -0.25) is 4.79 Å². The SMILES string of the molecule is Cn1cc(Br)cc1C(=O)N1CCCC(C)(C)C1. The van der Waals surface area contributed by atoms with Crippen molar-refractivity contribution in [2.45, 2.75) is 26.7 Å². The number of likely N-dealkylation sites (tertiary alicyclic amines) is 1. The molecule has 1 fully saturated rings. The van der Waals surface area contributed by atoms with Crippen LogP contribution in [0.2, 0.25) is 0 Å². The minimum Gasteiger partial charge on any atom is -0.345 e. The lowest BCUT2D eigenvalue weighted by molar-refractivity contribution is 0.0574. The van der Waals surface area contributed by atoms with Crippen molar-refractivity contribution < 1.29 is 4.79 Å². The summed E-state index contributed by atoms with van der Waals surface area (Å²) in [7, 11) is 1.91. The van der Waals surface area contributed by atoms with Crippen LogP contribution in [-0.2, 0) is 7.05 Å². The van der Waals surface area contributed by atoms with Crippen LogP contribution < -0.4 is 0 Å². The Morgan fingerprint density at radius 2 is 2.18 bits per heavy atom. The molecular weight excluding hydrogens is 280 g/mol. The third-order valence-corrected chi connectivity index (χ3v) is 3.81. The molecule has 2 rings (SSSR count). The van der Waals surface area contributed by atoms with Gasteiger partial charge in [-0.15, -0.1) is 0 Å². The molecule has 0 radical (unpaired) electrons. The van der Waals surface area contributed by atoms with Gasteiger partial charge in [0, 0.05) is 30.8 Å². The zero-order valence-electron chi connectivity index (χ0n) is 10.7. The summed E-state index contributed by atoms with van der Waals surface area (Å²) in [4.78, 5) is 14.4. The van der Waals surface area contributed by atoms with Crippen LogP contribution in [0, 0.1) is 5.41 Å². The molecule has 0 spiro atoms. The van der Waals surface area contributed by atoms with Crippen molar-refractivity contribution >= 4 is 21.8 Å². The summed E-state index contributed by atoms with van der Waals surface area (Å²) < 4.78 is 2.84. The molecular formula is C13H19BrN2O. The maximum absolute atomic E-state index is 12.4. The summed E-state index contributed by atoms with van der Waals surface area (Å²) in [6.07, 6.45) is 4.22. The fraction of sp³-hybridized carbons (Fsp3) is 0.615. The van der Waals surface area contributed by atoms with Gasteiger partial charge in [-0.2, -0.15) is 0 Å². The van der Waals surface area contributed by atoms with E-state index in [1.807, 2.05) is 28.8 Å². The maximum atomic E-state index is 12.4. The summed E-state index contributed by atoms with van der Waals surface area (Å²) in [5.74, 6) is 0.144. The fourth-order valence-electron chi connectivity index (χ4n) is 2.50. The van der Waals surface area contributed by atoms with Gasteiger partial charge >= 0.3 is 0 Å². The highest BCUT2D eigenvalue weighted by Gasteiger charge is 2.30. The van der Waals surface area contributed by atoms with Crippen molar-refractivity contribution in [3.8, 4) is 0 Å². The highest BCUT2D eigenvalue weighted by atomic mass is 79.9. The third-order valence-electron chi connectivity index (χ3n) is 3.38. The van der Waals surface area contributed by atoms with Crippen molar-refractivity contribution in [3.05, 3.63) is 22.4 Å². The van der Waals surface area contributed by atoms with E-state index in [9.17, 15) is 4.79 Å². The monoisotopic (exact) mass is 298 g/mol. The van der Waals surface area contributed by atoms with Gasteiger partial charge in [0.05, 0.1) is 0 Å². The largest absolute Gasteiger partial charge is 0.345 e. The number of halogens is 1. The molecule has 1 aromatic rings. The highest BCUT2D eigenvalue weighted by molar-refractivity contribution is 9.10. The number of hydrogen-bond donors (Lipinski definition) is 0. The predicted molar refractivity (Wildman–Crippen MR) is 72.0 cm³/mol. The van der Waals surface area contributed by atoms with Gasteiger partial charge in [0.15, 0.2) is 0 Å². The average Bonchev–Trinajstić information content (AvgIpc) is 2.55. The Hall–Kier alpha value is -0.770. The summed E-state index contributed by atoms with van der Waals surface area (Å²) in [5, 5.41) is 0. The molecule has 94 valence electrons. The standard InChI is InChI=1S/C13H19BrN2O/c1-13(2)5-4-6-16(9-13)12(17)11-7-10(14)8-15(11)3/h7-8H,4-6,9H2,1-3H3. The van der Waals surface area contributed by atoms with Crippen LogP contribution in [0.1, 0.15) is 37.2 Å². The van der Waals surface area contributed by atoms with Crippen LogP contribution in [0.15, 0.2) is 16.7 Å². The summed E-state index contributed by atoms with van der Waals surface area (Å²) in [6.45, 7) is 6.19. The zero-order chi connectivity index (χ0) is 12.6. The number of carbonyl (C=O) groups is 1. The van der Waals surface area contributed by atoms with Crippen LogP contribution >= 0.6 is 15.9 Å². The van der Waals surface area contributed by atoms with E-state index >= 15 is 0 Å². The van der Waals surface area contributed by atoms with Crippen molar-refractivity contribution in [1.82, 2.24) is 9.47 Å². The van der Waals surface area contributed by atoms with E-state index in [-0.39, 0.29) is 11.3 Å². The number of hydrogen-bond acceptors (Lipinski definition) is 1. The number of nitrogens with zero attached hydrogens (tertiary/aromatic N) is 2. The third kappa shape index (κ3) is 2.73. The van der Waals surface area contributed by atoms with E-state index in [0.29, 0.717) is 0 Å². The van der Waals surface area contributed by atoms with Gasteiger partial charge in [-0.1, -0.05) is 13.8 Å². The Balaban J connectivity index is 2.18. The van der Waals surface area contributed by atoms with E-state index in [4.69, 9.17) is 0 Å². The van der Waals surface area contributed by atoms with Gasteiger partial charge in [0.1, 0.15) is 5.69 Å². The predicted octanol–water partition coefficient (Wildman–Crippen LogP) is 3.05. The first kappa shape index (κ1) is 12.7. The molecule has 0 N–H and O–H groups in total. The Morgan fingerprint density at radius 3 is 2.71 bits per heavy atom. The van der Waals surface area contributed by atoms with Gasteiger partial charge < -0.3 is 9.47 Å². The topological polar surface area (TPSA) is 25.2 Å². The van der Waals surface area contributed by atoms with Crippen molar-refractivity contribution in [3.63, 3.8) is 0 Å². The van der Waals surface area contributed by atoms with Gasteiger partial charge in [0.2, 0.25) is 0 Å². The summed E-state index contributed by atoms with van der Waals surface area (Å²) in [6, 6.07) is 1.89. The Bertz CT molecular complexity index is 437. The second kappa shape index (κ2) is 4.48. The molecule has 0 saturated carbocycles. The van der Waals surface area contributed by atoms with Crippen LogP contribution in [0.5, 0.6) is 0 Å². The normalized spacial score (nSPS) is 19.4. The van der Waals surface area contributed by atoms with Gasteiger partial charge in [-0.25, -0.2) is 0 Å². The molecule has 0 aromatic carbocycles. The second-order valence-electron chi connectivity index (χ2n) is 5.65. The quantitative estimate of drug-likeness (QED) is 0.782. The number of rotatable bonds is 1. The van der Waals surface area contributed by atoms with Crippen molar-refractivity contribution in [2.75, 3.05) is 13.1 Å². The first-order valence-electron chi connectivity index (χ1n) is 6.00. The molecule has 0 aliphatic carbocycles. The highest BCUT2D eigenvalue weighted by Crippen LogP contribution is 2.29. The molecule has 1 saturated heterocycles. The molecule has 1 aliphatic heterocycles. The molecule has 0 unspecified atom stereocenters. The van der Waals surface area contributed by atoms with Crippen LogP contribution in [0.3, 0.4) is 0 Å². The molecule has 2 heterocycles. The number of aryl methyl sites for hydroxylation is 1. The molecule has 0 bridgehead atoms. The lowest BCUT2D eigenvalue weighted by Gasteiger charge is -2.38. The lowest BCUT2D eigenvalue weighted by Crippen LogP contribution is -2.44. The molecule has 17 heavy (non-hydrogen) atoms. The average molecular weight is 299 g/mol. The molecule has 4 heteroatoms. The minimum atomic E-state index is 0.144. The van der Waals surface area contributed by atoms with E-state index in [1.54, 1.807) is 0 Å². The maximum Gasteiger partial charge on any atom is 0.270 e. The molecule has 0 atom stereocenters. The summed E-state index contributed by atoms with van der Waals surface area (Å²) in [5.41, 5.74) is 1.01. The molecule has 1 aromatic heterocycles.